The SMILES string of the molecule is CCCC1CCC2OC(C(O)C(C)(O)C3CCC4(O)C5=CC(=O)C6CC(O)C(O)CC67CC(C6CCC(N)[NH2+]C6)C=CC(CC34C3CCCC3)C57)C(C)C2CC1. The van der Waals surface area contributed by atoms with Crippen LogP contribution < -0.4 is 11.1 Å². The zero-order valence-electron chi connectivity index (χ0n) is 34.6. The molecule has 7 fully saturated rings. The van der Waals surface area contributed by atoms with Crippen LogP contribution in [-0.2, 0) is 9.53 Å². The summed E-state index contributed by atoms with van der Waals surface area (Å²) in [6.07, 6.45) is 19.5. The van der Waals surface area contributed by atoms with Gasteiger partial charge in [0.05, 0.1) is 42.2 Å². The molecule has 1 spiro atoms. The van der Waals surface area contributed by atoms with Gasteiger partial charge >= 0.3 is 0 Å². The van der Waals surface area contributed by atoms with Crippen LogP contribution in [0.3, 0.4) is 0 Å². The molecule has 7 aliphatic carbocycles. The highest BCUT2D eigenvalue weighted by molar-refractivity contribution is 5.95. The summed E-state index contributed by atoms with van der Waals surface area (Å²) in [5.41, 5.74) is 2.99. The van der Waals surface area contributed by atoms with Crippen LogP contribution in [0.2, 0.25) is 0 Å². The minimum Gasteiger partial charge on any atom is -0.390 e. The first-order valence-corrected chi connectivity index (χ1v) is 23.4. The largest absolute Gasteiger partial charge is 0.390 e. The molecule has 0 aromatic rings. The van der Waals surface area contributed by atoms with Crippen molar-refractivity contribution in [1.29, 1.82) is 0 Å². The molecule has 56 heavy (non-hydrogen) atoms. The van der Waals surface area contributed by atoms with E-state index in [1.807, 2.05) is 6.92 Å². The average molecular weight is 780 g/mol. The fraction of sp³-hybridized carbons (Fsp3) is 0.894. The Morgan fingerprint density at radius 1 is 0.982 bits per heavy atom. The van der Waals surface area contributed by atoms with Crippen molar-refractivity contribution >= 4 is 5.78 Å². The maximum atomic E-state index is 14.7. The Morgan fingerprint density at radius 2 is 1.73 bits per heavy atom. The van der Waals surface area contributed by atoms with Crippen molar-refractivity contribution in [3.05, 3.63) is 23.8 Å². The number of aliphatic hydroxyl groups is 5. The Labute approximate surface area is 335 Å². The summed E-state index contributed by atoms with van der Waals surface area (Å²) in [5, 5.41) is 64.4. The number of carbonyl (C=O) groups excluding carboxylic acids is 1. The van der Waals surface area contributed by atoms with E-state index in [0.29, 0.717) is 37.5 Å². The number of hydrogen-bond donors (Lipinski definition) is 7. The highest BCUT2D eigenvalue weighted by atomic mass is 16.5. The normalized spacial score (nSPS) is 52.2. The van der Waals surface area contributed by atoms with Gasteiger partial charge in [-0.05, 0) is 148 Å². The minimum absolute atomic E-state index is 0.00197. The predicted octanol–water partition coefficient (Wildman–Crippen LogP) is 4.52. The van der Waals surface area contributed by atoms with Gasteiger partial charge in [0, 0.05) is 23.7 Å². The van der Waals surface area contributed by atoms with Crippen molar-refractivity contribution in [2.24, 2.45) is 75.7 Å². The molecule has 19 atom stereocenters. The summed E-state index contributed by atoms with van der Waals surface area (Å²) in [6, 6.07) is 0. The number of nitrogens with two attached hydrogens (primary N) is 2. The number of allylic oxidation sites excluding steroid dienone is 3. The smallest absolute Gasteiger partial charge is 0.159 e. The lowest BCUT2D eigenvalue weighted by atomic mass is 9.40. The summed E-state index contributed by atoms with van der Waals surface area (Å²) in [5.74, 6) is 1.02. The molecule has 19 unspecified atom stereocenters. The van der Waals surface area contributed by atoms with Crippen molar-refractivity contribution in [3.63, 3.8) is 0 Å². The molecular weight excluding hydrogens is 705 g/mol. The van der Waals surface area contributed by atoms with Gasteiger partial charge in [0.15, 0.2) is 5.78 Å². The number of ether oxygens (including phenoxy) is 1. The Kier molecular flexibility index (Phi) is 10.6. The molecule has 9 aliphatic rings. The zero-order chi connectivity index (χ0) is 39.4. The van der Waals surface area contributed by atoms with E-state index in [2.05, 4.69) is 31.3 Å². The predicted molar refractivity (Wildman–Crippen MR) is 213 cm³/mol. The van der Waals surface area contributed by atoms with Gasteiger partial charge in [0.25, 0.3) is 0 Å². The number of carbonyl (C=O) groups is 1. The zero-order valence-corrected chi connectivity index (χ0v) is 34.6. The molecule has 9 nitrogen and oxygen atoms in total. The summed E-state index contributed by atoms with van der Waals surface area (Å²) in [7, 11) is 0. The van der Waals surface area contributed by atoms with Crippen LogP contribution in [0, 0.1) is 70.0 Å². The van der Waals surface area contributed by atoms with Crippen molar-refractivity contribution in [2.45, 2.75) is 184 Å². The third kappa shape index (κ3) is 6.00. The van der Waals surface area contributed by atoms with E-state index in [9.17, 15) is 30.3 Å². The molecule has 0 bridgehead atoms. The van der Waals surface area contributed by atoms with Crippen LogP contribution >= 0.6 is 0 Å². The van der Waals surface area contributed by atoms with Gasteiger partial charge < -0.3 is 35.6 Å². The van der Waals surface area contributed by atoms with Gasteiger partial charge in [0.2, 0.25) is 0 Å². The lowest BCUT2D eigenvalue weighted by Crippen LogP contribution is -2.95. The Balaban J connectivity index is 1.11. The van der Waals surface area contributed by atoms with Crippen LogP contribution in [0.1, 0.15) is 136 Å². The quantitative estimate of drug-likeness (QED) is 0.185. The van der Waals surface area contributed by atoms with E-state index in [0.717, 1.165) is 82.2 Å². The molecule has 2 aliphatic heterocycles. The summed E-state index contributed by atoms with van der Waals surface area (Å²) < 4.78 is 6.85. The third-order valence-corrected chi connectivity index (χ3v) is 19.1. The van der Waals surface area contributed by atoms with Gasteiger partial charge in [-0.25, -0.2) is 0 Å². The average Bonchev–Trinajstić information content (AvgIpc) is 3.83. The highest BCUT2D eigenvalue weighted by Gasteiger charge is 2.75. The topological polar surface area (TPSA) is 170 Å². The number of piperidine rings is 1. The second kappa shape index (κ2) is 14.8. The standard InChI is InChI=1S/C47H74N2O7/c1-4-7-27-10-15-32-26(2)42(56-38(32)16-11-27)43(53)44(3,54)39-18-19-47(55)34-21-35(50)33-20-36(51)37(52)24-45(33)22-28(30-14-17-40(48)49-25-30)12-13-29(41(34)45)23-46(39,47)31-8-5-6-9-31/h12-13,21,26-33,36-43,49,51-55H,4-11,14-20,22-25,48H2,1-3H3/p+1. The van der Waals surface area contributed by atoms with Gasteiger partial charge in [-0.3, -0.25) is 10.5 Å². The Morgan fingerprint density at radius 3 is 2.46 bits per heavy atom. The van der Waals surface area contributed by atoms with Crippen molar-refractivity contribution < 1.29 is 40.4 Å². The van der Waals surface area contributed by atoms with E-state index < -0.39 is 52.4 Å². The van der Waals surface area contributed by atoms with Crippen LogP contribution in [0.15, 0.2) is 23.8 Å². The van der Waals surface area contributed by atoms with Crippen molar-refractivity contribution in [3.8, 4) is 0 Å². The number of fused-ring (bicyclic) bond motifs is 3. The molecule has 5 saturated carbocycles. The first-order valence-electron chi connectivity index (χ1n) is 23.4. The summed E-state index contributed by atoms with van der Waals surface area (Å²) in [4.78, 5) is 14.7. The maximum absolute atomic E-state index is 14.7. The maximum Gasteiger partial charge on any atom is 0.159 e. The lowest BCUT2D eigenvalue weighted by molar-refractivity contribution is -0.703. The molecule has 9 N–H and O–H groups in total. The lowest BCUT2D eigenvalue weighted by Gasteiger charge is -2.65. The second-order valence-electron chi connectivity index (χ2n) is 21.5. The number of ketones is 1. The van der Waals surface area contributed by atoms with E-state index in [1.54, 1.807) is 6.08 Å². The molecule has 2 heterocycles. The van der Waals surface area contributed by atoms with E-state index in [-0.39, 0.29) is 60.0 Å². The number of rotatable bonds is 7. The Bertz CT molecular complexity index is 1540. The van der Waals surface area contributed by atoms with Crippen LogP contribution in [0.4, 0.5) is 0 Å². The van der Waals surface area contributed by atoms with Gasteiger partial charge in [-0.1, -0.05) is 58.1 Å². The molecule has 0 aromatic heterocycles. The van der Waals surface area contributed by atoms with Gasteiger partial charge in [-0.2, -0.15) is 0 Å². The molecule has 2 saturated heterocycles. The second-order valence-corrected chi connectivity index (χ2v) is 21.5. The van der Waals surface area contributed by atoms with Gasteiger partial charge in [0.1, 0.15) is 12.3 Å². The molecule has 0 radical (unpaired) electrons. The van der Waals surface area contributed by atoms with Crippen molar-refractivity contribution in [2.75, 3.05) is 6.54 Å². The molecule has 0 aromatic carbocycles. The van der Waals surface area contributed by atoms with Gasteiger partial charge in [-0.15, -0.1) is 0 Å². The van der Waals surface area contributed by atoms with E-state index in [4.69, 9.17) is 10.5 Å². The fourth-order valence-electron chi connectivity index (χ4n) is 16.5. The first kappa shape index (κ1) is 40.2. The fourth-order valence-corrected chi connectivity index (χ4v) is 16.5. The van der Waals surface area contributed by atoms with Crippen LogP contribution in [-0.4, -0.2) is 85.7 Å². The monoisotopic (exact) mass is 780 g/mol. The number of quaternary nitrogens is 1. The van der Waals surface area contributed by atoms with E-state index >= 15 is 0 Å². The van der Waals surface area contributed by atoms with Crippen molar-refractivity contribution in [1.82, 2.24) is 0 Å². The molecule has 9 rings (SSSR count). The van der Waals surface area contributed by atoms with Crippen LogP contribution in [0.25, 0.3) is 0 Å². The third-order valence-electron chi connectivity index (χ3n) is 19.1. The molecule has 314 valence electrons. The minimum atomic E-state index is -1.52. The molecule has 0 amide bonds. The van der Waals surface area contributed by atoms with E-state index in [1.165, 1.54) is 19.3 Å². The molecule has 9 heteroatoms. The molecular formula is C47H75N2O7+. The summed E-state index contributed by atoms with van der Waals surface area (Å²) >= 11 is 0. The highest BCUT2D eigenvalue weighted by Crippen LogP contribution is 2.75. The Hall–Kier alpha value is -1.17. The summed E-state index contributed by atoms with van der Waals surface area (Å²) in [6.45, 7) is 7.27. The number of hydrogen-bond acceptors (Lipinski definition) is 8. The number of aliphatic hydroxyl groups excluding tert-OH is 3. The van der Waals surface area contributed by atoms with Crippen LogP contribution in [0.5, 0.6) is 0 Å². The first-order chi connectivity index (χ1) is 26.7.